The number of hydrogen-bond acceptors (Lipinski definition) is 8. The van der Waals surface area contributed by atoms with Gasteiger partial charge in [-0.3, -0.25) is 4.79 Å². The van der Waals surface area contributed by atoms with E-state index in [9.17, 15) is 9.59 Å². The highest BCUT2D eigenvalue weighted by atomic mass is 16.5. The fourth-order valence-electron chi connectivity index (χ4n) is 2.65. The number of aromatic nitrogens is 2. The van der Waals surface area contributed by atoms with E-state index in [4.69, 9.17) is 24.7 Å². The molecule has 0 unspecified atom stereocenters. The van der Waals surface area contributed by atoms with Crippen molar-refractivity contribution in [2.45, 2.75) is 0 Å². The monoisotopic (exact) mass is 421 g/mol. The molecule has 0 saturated carbocycles. The minimum atomic E-state index is -0.629. The molecule has 3 rings (SSSR count). The number of para-hydroxylation sites is 2. The van der Waals surface area contributed by atoms with Gasteiger partial charge in [0.1, 0.15) is 23.4 Å². The smallest absolute Gasteiger partial charge is 0.341 e. The molecule has 2 aromatic carbocycles. The Labute approximate surface area is 178 Å². The highest BCUT2D eigenvalue weighted by Crippen LogP contribution is 2.32. The van der Waals surface area contributed by atoms with Crippen LogP contribution >= 0.6 is 0 Å². The molecule has 1 heterocycles. The van der Waals surface area contributed by atoms with Crippen LogP contribution < -0.4 is 15.2 Å². The van der Waals surface area contributed by atoms with Crippen LogP contribution in [0.5, 0.6) is 23.3 Å². The Morgan fingerprint density at radius 2 is 1.42 bits per heavy atom. The number of amides is 1. The molecule has 31 heavy (non-hydrogen) atoms. The van der Waals surface area contributed by atoms with Crippen LogP contribution in [0.25, 0.3) is 5.57 Å². The average Bonchev–Trinajstić information content (AvgIpc) is 2.78. The number of nitrogens with two attached hydrogens (primary N) is 1. The summed E-state index contributed by atoms with van der Waals surface area (Å²) < 4.78 is 21.4. The summed E-state index contributed by atoms with van der Waals surface area (Å²) in [5.41, 5.74) is 6.19. The lowest BCUT2D eigenvalue weighted by molar-refractivity contribution is -0.133. The summed E-state index contributed by atoms with van der Waals surface area (Å²) in [6, 6.07) is 14.8. The van der Waals surface area contributed by atoms with Crippen molar-refractivity contribution < 1.29 is 28.5 Å². The van der Waals surface area contributed by atoms with Crippen molar-refractivity contribution >= 4 is 17.4 Å². The van der Waals surface area contributed by atoms with Gasteiger partial charge in [0.25, 0.3) is 5.91 Å². The number of primary amides is 1. The molecule has 2 N–H and O–H groups in total. The van der Waals surface area contributed by atoms with Gasteiger partial charge in [0.15, 0.2) is 0 Å². The number of carbonyl (C=O) groups is 2. The molecule has 0 spiro atoms. The molecule has 158 valence electrons. The number of benzene rings is 2. The molecule has 0 aliphatic heterocycles. The SMILES string of the molecule is COC=C(C(=O)OC)c1ccccc1Oc1cc(Oc2ccccc2C(N)=O)ncn1. The zero-order valence-electron chi connectivity index (χ0n) is 16.8. The van der Waals surface area contributed by atoms with Crippen molar-refractivity contribution in [1.82, 2.24) is 9.97 Å². The first kappa shape index (κ1) is 21.3. The fourth-order valence-corrected chi connectivity index (χ4v) is 2.65. The summed E-state index contributed by atoms with van der Waals surface area (Å²) in [6.45, 7) is 0. The Balaban J connectivity index is 1.90. The summed E-state index contributed by atoms with van der Waals surface area (Å²) in [5.74, 6) is -0.357. The van der Waals surface area contributed by atoms with E-state index in [0.717, 1.165) is 0 Å². The third kappa shape index (κ3) is 5.15. The Bertz CT molecular complexity index is 1130. The number of hydrogen-bond donors (Lipinski definition) is 1. The van der Waals surface area contributed by atoms with Gasteiger partial charge in [-0.2, -0.15) is 0 Å². The van der Waals surface area contributed by atoms with Crippen molar-refractivity contribution in [2.75, 3.05) is 14.2 Å². The van der Waals surface area contributed by atoms with Gasteiger partial charge in [-0.25, -0.2) is 14.8 Å². The zero-order valence-corrected chi connectivity index (χ0v) is 16.8. The van der Waals surface area contributed by atoms with Gasteiger partial charge in [-0.05, 0) is 18.2 Å². The van der Waals surface area contributed by atoms with E-state index in [0.29, 0.717) is 11.3 Å². The van der Waals surface area contributed by atoms with E-state index in [1.165, 1.54) is 32.9 Å². The lowest BCUT2D eigenvalue weighted by atomic mass is 10.1. The maximum atomic E-state index is 12.1. The predicted octanol–water partition coefficient (Wildman–Crippen LogP) is 3.32. The maximum absolute atomic E-state index is 12.1. The summed E-state index contributed by atoms with van der Waals surface area (Å²) in [6.07, 6.45) is 2.51. The standard InChI is InChI=1S/C22H19N3O6/c1-28-12-16(22(27)29-2)14-7-3-5-9-17(14)30-19-11-20(25-13-24-19)31-18-10-6-4-8-15(18)21(23)26/h3-13H,1-2H3,(H2,23,26). The van der Waals surface area contributed by atoms with Crippen LogP contribution in [0.15, 0.2) is 67.2 Å². The molecule has 0 radical (unpaired) electrons. The van der Waals surface area contributed by atoms with Gasteiger partial charge in [-0.15, -0.1) is 0 Å². The summed E-state index contributed by atoms with van der Waals surface area (Å²) in [7, 11) is 2.69. The second kappa shape index (κ2) is 9.88. The van der Waals surface area contributed by atoms with E-state index in [1.807, 2.05) is 0 Å². The molecule has 9 heteroatoms. The van der Waals surface area contributed by atoms with Gasteiger partial charge in [0, 0.05) is 5.56 Å². The molecule has 0 bridgehead atoms. The molecule has 0 saturated heterocycles. The average molecular weight is 421 g/mol. The van der Waals surface area contributed by atoms with Gasteiger partial charge in [0.2, 0.25) is 11.8 Å². The Morgan fingerprint density at radius 1 is 0.871 bits per heavy atom. The molecule has 9 nitrogen and oxygen atoms in total. The van der Waals surface area contributed by atoms with Crippen LogP contribution in [0.1, 0.15) is 15.9 Å². The Hall–Kier alpha value is -4.40. The number of ether oxygens (including phenoxy) is 4. The molecule has 0 fully saturated rings. The minimum Gasteiger partial charge on any atom is -0.503 e. The number of nitrogens with zero attached hydrogens (tertiary/aromatic N) is 2. The first-order valence-corrected chi connectivity index (χ1v) is 9.00. The highest BCUT2D eigenvalue weighted by molar-refractivity contribution is 6.17. The van der Waals surface area contributed by atoms with E-state index < -0.39 is 11.9 Å². The normalized spacial score (nSPS) is 10.8. The molecule has 0 aliphatic rings. The van der Waals surface area contributed by atoms with Crippen LogP contribution in [0.4, 0.5) is 0 Å². The van der Waals surface area contributed by atoms with Crippen LogP contribution in [-0.4, -0.2) is 36.1 Å². The van der Waals surface area contributed by atoms with Gasteiger partial charge >= 0.3 is 5.97 Å². The molecular weight excluding hydrogens is 402 g/mol. The summed E-state index contributed by atoms with van der Waals surface area (Å²) in [4.78, 5) is 31.8. The third-order valence-corrected chi connectivity index (χ3v) is 4.02. The quantitative estimate of drug-likeness (QED) is 0.334. The zero-order chi connectivity index (χ0) is 22.2. The van der Waals surface area contributed by atoms with E-state index >= 15 is 0 Å². The van der Waals surface area contributed by atoms with Gasteiger partial charge in [0.05, 0.1) is 32.1 Å². The topological polar surface area (TPSA) is 123 Å². The maximum Gasteiger partial charge on any atom is 0.341 e. The molecule has 0 aliphatic carbocycles. The molecule has 1 amide bonds. The third-order valence-electron chi connectivity index (χ3n) is 4.02. The largest absolute Gasteiger partial charge is 0.503 e. The summed E-state index contributed by atoms with van der Waals surface area (Å²) in [5, 5.41) is 0. The number of methoxy groups -OCH3 is 2. The number of esters is 1. The Morgan fingerprint density at radius 3 is 1.97 bits per heavy atom. The lowest BCUT2D eigenvalue weighted by Crippen LogP contribution is -2.12. The second-order valence-corrected chi connectivity index (χ2v) is 6.01. The molecule has 1 aromatic heterocycles. The van der Waals surface area contributed by atoms with E-state index in [-0.39, 0.29) is 28.6 Å². The molecular formula is C22H19N3O6. The molecule has 0 atom stereocenters. The van der Waals surface area contributed by atoms with E-state index in [2.05, 4.69) is 9.97 Å². The first-order chi connectivity index (χ1) is 15.0. The van der Waals surface area contributed by atoms with Crippen molar-refractivity contribution in [1.29, 1.82) is 0 Å². The van der Waals surface area contributed by atoms with Gasteiger partial charge in [-0.1, -0.05) is 30.3 Å². The lowest BCUT2D eigenvalue weighted by Gasteiger charge is -2.13. The number of rotatable bonds is 8. The van der Waals surface area contributed by atoms with Crippen LogP contribution in [0, 0.1) is 0 Å². The first-order valence-electron chi connectivity index (χ1n) is 9.00. The van der Waals surface area contributed by atoms with E-state index in [1.54, 1.807) is 48.5 Å². The predicted molar refractivity (Wildman–Crippen MR) is 111 cm³/mol. The van der Waals surface area contributed by atoms with Crippen LogP contribution in [0.2, 0.25) is 0 Å². The Kier molecular flexibility index (Phi) is 6.79. The fraction of sp³-hybridized carbons (Fsp3) is 0.0909. The second-order valence-electron chi connectivity index (χ2n) is 6.01. The van der Waals surface area contributed by atoms with Crippen LogP contribution in [-0.2, 0) is 14.3 Å². The van der Waals surface area contributed by atoms with Crippen LogP contribution in [0.3, 0.4) is 0 Å². The van der Waals surface area contributed by atoms with Crippen molar-refractivity contribution in [3.8, 4) is 23.3 Å². The van der Waals surface area contributed by atoms with Crippen molar-refractivity contribution in [3.63, 3.8) is 0 Å². The van der Waals surface area contributed by atoms with Crippen molar-refractivity contribution in [2.24, 2.45) is 5.73 Å². The van der Waals surface area contributed by atoms with Gasteiger partial charge < -0.3 is 24.7 Å². The highest BCUT2D eigenvalue weighted by Gasteiger charge is 2.18. The molecule has 3 aromatic rings. The summed E-state index contributed by atoms with van der Waals surface area (Å²) >= 11 is 0. The van der Waals surface area contributed by atoms with Crippen molar-refractivity contribution in [3.05, 3.63) is 78.3 Å². The minimum absolute atomic E-state index is 0.136. The number of carbonyl (C=O) groups excluding carboxylic acids is 2.